The Hall–Kier alpha value is -2.45. The summed E-state index contributed by atoms with van der Waals surface area (Å²) >= 11 is 0. The van der Waals surface area contributed by atoms with Gasteiger partial charge in [0, 0.05) is 12.6 Å². The van der Waals surface area contributed by atoms with Crippen molar-refractivity contribution in [3.05, 3.63) is 42.0 Å². The van der Waals surface area contributed by atoms with Crippen LogP contribution in [-0.4, -0.2) is 42.4 Å². The van der Waals surface area contributed by atoms with Crippen LogP contribution in [-0.2, 0) is 16.4 Å². The molecule has 0 saturated heterocycles. The Labute approximate surface area is 166 Å². The molecule has 0 radical (unpaired) electrons. The van der Waals surface area contributed by atoms with Crippen LogP contribution in [0.15, 0.2) is 41.3 Å². The van der Waals surface area contributed by atoms with Crippen molar-refractivity contribution in [3.8, 4) is 23.0 Å². The maximum Gasteiger partial charge on any atom is 0.240 e. The molecule has 0 amide bonds. The van der Waals surface area contributed by atoms with Gasteiger partial charge in [0.05, 0.1) is 32.3 Å². The van der Waals surface area contributed by atoms with E-state index in [0.29, 0.717) is 42.6 Å². The lowest BCUT2D eigenvalue weighted by atomic mass is 10.1. The number of ether oxygens (including phenoxy) is 4. The van der Waals surface area contributed by atoms with Crippen molar-refractivity contribution in [3.63, 3.8) is 0 Å². The van der Waals surface area contributed by atoms with Gasteiger partial charge in [0.15, 0.2) is 23.0 Å². The zero-order valence-corrected chi connectivity index (χ0v) is 17.5. The Morgan fingerprint density at radius 3 is 2.11 bits per heavy atom. The molecule has 0 fully saturated rings. The Kier molecular flexibility index (Phi) is 7.95. The first-order chi connectivity index (χ1) is 13.4. The van der Waals surface area contributed by atoms with Crippen LogP contribution >= 0.6 is 0 Å². The van der Waals surface area contributed by atoms with Gasteiger partial charge in [0.25, 0.3) is 0 Å². The zero-order chi connectivity index (χ0) is 20.6. The van der Waals surface area contributed by atoms with E-state index in [2.05, 4.69) is 4.72 Å². The minimum atomic E-state index is -3.67. The molecule has 0 unspecified atom stereocenters. The van der Waals surface area contributed by atoms with E-state index in [1.54, 1.807) is 6.07 Å². The largest absolute Gasteiger partial charge is 0.493 e. The van der Waals surface area contributed by atoms with E-state index >= 15 is 0 Å². The molecule has 0 heterocycles. The number of hydrogen-bond acceptors (Lipinski definition) is 6. The van der Waals surface area contributed by atoms with E-state index < -0.39 is 10.0 Å². The molecule has 0 aliphatic carbocycles. The van der Waals surface area contributed by atoms with Crippen LogP contribution < -0.4 is 23.7 Å². The monoisotopic (exact) mass is 409 g/mol. The topological polar surface area (TPSA) is 83.1 Å². The van der Waals surface area contributed by atoms with E-state index in [9.17, 15) is 8.42 Å². The second-order valence-electron chi connectivity index (χ2n) is 5.81. The molecule has 0 atom stereocenters. The van der Waals surface area contributed by atoms with Crippen molar-refractivity contribution in [2.24, 2.45) is 0 Å². The van der Waals surface area contributed by atoms with Crippen molar-refractivity contribution in [1.29, 1.82) is 0 Å². The lowest BCUT2D eigenvalue weighted by Crippen LogP contribution is -2.26. The molecule has 0 saturated carbocycles. The minimum Gasteiger partial charge on any atom is -0.493 e. The highest BCUT2D eigenvalue weighted by Crippen LogP contribution is 2.30. The maximum absolute atomic E-state index is 12.5. The van der Waals surface area contributed by atoms with Crippen molar-refractivity contribution < 1.29 is 27.4 Å². The third kappa shape index (κ3) is 5.53. The number of methoxy groups -OCH3 is 2. The summed E-state index contributed by atoms with van der Waals surface area (Å²) < 4.78 is 49.2. The standard InChI is InChI=1S/C20H27NO6S/c1-5-26-18-9-7-15(13-20(18)27-6-2)11-12-21-28(22,23)16-8-10-17(24-3)19(14-16)25-4/h7-10,13-14,21H,5-6,11-12H2,1-4H3. The summed E-state index contributed by atoms with van der Waals surface area (Å²) in [6.45, 7) is 5.13. The predicted molar refractivity (Wildman–Crippen MR) is 107 cm³/mol. The predicted octanol–water partition coefficient (Wildman–Crippen LogP) is 3.02. The van der Waals surface area contributed by atoms with Gasteiger partial charge >= 0.3 is 0 Å². The van der Waals surface area contributed by atoms with Crippen LogP contribution in [0.5, 0.6) is 23.0 Å². The second kappa shape index (κ2) is 10.2. The van der Waals surface area contributed by atoms with Crippen molar-refractivity contribution in [2.75, 3.05) is 34.0 Å². The zero-order valence-electron chi connectivity index (χ0n) is 16.7. The van der Waals surface area contributed by atoms with Gasteiger partial charge in [-0.05, 0) is 50.1 Å². The molecule has 28 heavy (non-hydrogen) atoms. The van der Waals surface area contributed by atoms with Crippen LogP contribution in [0, 0.1) is 0 Å². The van der Waals surface area contributed by atoms with Gasteiger partial charge in [-0.25, -0.2) is 13.1 Å². The first-order valence-electron chi connectivity index (χ1n) is 9.05. The Balaban J connectivity index is 2.06. The normalized spacial score (nSPS) is 11.1. The van der Waals surface area contributed by atoms with E-state index in [-0.39, 0.29) is 11.4 Å². The molecular weight excluding hydrogens is 382 g/mol. The summed E-state index contributed by atoms with van der Waals surface area (Å²) in [6.07, 6.45) is 0.513. The quantitative estimate of drug-likeness (QED) is 0.614. The lowest BCUT2D eigenvalue weighted by Gasteiger charge is -2.13. The fourth-order valence-electron chi connectivity index (χ4n) is 2.65. The third-order valence-corrected chi connectivity index (χ3v) is 5.44. The Morgan fingerprint density at radius 2 is 1.46 bits per heavy atom. The average Bonchev–Trinajstić information content (AvgIpc) is 2.69. The lowest BCUT2D eigenvalue weighted by molar-refractivity contribution is 0.287. The number of rotatable bonds is 11. The fourth-order valence-corrected chi connectivity index (χ4v) is 3.69. The Bertz CT molecular complexity index is 882. The smallest absolute Gasteiger partial charge is 0.240 e. The summed E-state index contributed by atoms with van der Waals surface area (Å²) in [5.74, 6) is 2.17. The van der Waals surface area contributed by atoms with Gasteiger partial charge in [-0.2, -0.15) is 0 Å². The van der Waals surface area contributed by atoms with Crippen molar-refractivity contribution in [2.45, 2.75) is 25.2 Å². The van der Waals surface area contributed by atoms with Crippen molar-refractivity contribution in [1.82, 2.24) is 4.72 Å². The van der Waals surface area contributed by atoms with E-state index in [0.717, 1.165) is 5.56 Å². The van der Waals surface area contributed by atoms with Gasteiger partial charge in [0.2, 0.25) is 10.0 Å². The van der Waals surface area contributed by atoms with Gasteiger partial charge in [-0.1, -0.05) is 6.07 Å². The molecular formula is C20H27NO6S. The number of benzene rings is 2. The minimum absolute atomic E-state index is 0.117. The number of nitrogens with one attached hydrogen (secondary N) is 1. The van der Waals surface area contributed by atoms with E-state index in [1.165, 1.54) is 26.4 Å². The van der Waals surface area contributed by atoms with Gasteiger partial charge < -0.3 is 18.9 Å². The fraction of sp³-hybridized carbons (Fsp3) is 0.400. The summed E-state index contributed by atoms with van der Waals surface area (Å²) in [5.41, 5.74) is 0.946. The third-order valence-electron chi connectivity index (χ3n) is 3.98. The van der Waals surface area contributed by atoms with Crippen LogP contribution in [0.1, 0.15) is 19.4 Å². The number of sulfonamides is 1. The van der Waals surface area contributed by atoms with Gasteiger partial charge in [0.1, 0.15) is 0 Å². The molecule has 0 bridgehead atoms. The van der Waals surface area contributed by atoms with Gasteiger partial charge in [-0.3, -0.25) is 0 Å². The number of hydrogen-bond donors (Lipinski definition) is 1. The first kappa shape index (κ1) is 21.8. The SMILES string of the molecule is CCOc1ccc(CCNS(=O)(=O)c2ccc(OC)c(OC)c2)cc1OCC. The van der Waals surface area contributed by atoms with Gasteiger partial charge in [-0.15, -0.1) is 0 Å². The van der Waals surface area contributed by atoms with Crippen LogP contribution in [0.25, 0.3) is 0 Å². The van der Waals surface area contributed by atoms with Crippen molar-refractivity contribution >= 4 is 10.0 Å². The molecule has 0 spiro atoms. The summed E-state index contributed by atoms with van der Waals surface area (Å²) in [4.78, 5) is 0.117. The van der Waals surface area contributed by atoms with Crippen LogP contribution in [0.2, 0.25) is 0 Å². The molecule has 0 aliphatic heterocycles. The van der Waals surface area contributed by atoms with Crippen LogP contribution in [0.4, 0.5) is 0 Å². The first-order valence-corrected chi connectivity index (χ1v) is 10.5. The van der Waals surface area contributed by atoms with Crippen LogP contribution in [0.3, 0.4) is 0 Å². The molecule has 2 aromatic carbocycles. The summed E-state index contributed by atoms with van der Waals surface area (Å²) in [7, 11) is -0.707. The molecule has 7 nitrogen and oxygen atoms in total. The molecule has 1 N–H and O–H groups in total. The summed E-state index contributed by atoms with van der Waals surface area (Å²) in [5, 5.41) is 0. The molecule has 0 aliphatic rings. The Morgan fingerprint density at radius 1 is 0.821 bits per heavy atom. The second-order valence-corrected chi connectivity index (χ2v) is 7.58. The van der Waals surface area contributed by atoms with E-state index in [4.69, 9.17) is 18.9 Å². The molecule has 2 rings (SSSR count). The molecule has 0 aromatic heterocycles. The molecule has 2 aromatic rings. The highest BCUT2D eigenvalue weighted by Gasteiger charge is 2.17. The summed E-state index contributed by atoms with van der Waals surface area (Å²) in [6, 6.07) is 10.1. The average molecular weight is 410 g/mol. The maximum atomic E-state index is 12.5. The van der Waals surface area contributed by atoms with E-state index in [1.807, 2.05) is 32.0 Å². The highest BCUT2D eigenvalue weighted by atomic mass is 32.2. The molecule has 154 valence electrons. The molecule has 8 heteroatoms. The highest BCUT2D eigenvalue weighted by molar-refractivity contribution is 7.89.